The number of benzene rings is 2. The highest BCUT2D eigenvalue weighted by molar-refractivity contribution is 5.82. The van der Waals surface area contributed by atoms with Gasteiger partial charge in [-0.2, -0.15) is 13.2 Å². The zero-order valence-corrected chi connectivity index (χ0v) is 17.4. The molecule has 172 valence electrons. The van der Waals surface area contributed by atoms with E-state index in [2.05, 4.69) is 10.1 Å². The second-order valence-electron chi connectivity index (χ2n) is 7.53. The van der Waals surface area contributed by atoms with E-state index in [9.17, 15) is 22.8 Å². The van der Waals surface area contributed by atoms with Crippen molar-refractivity contribution >= 4 is 12.1 Å². The number of methoxy groups -OCH3 is 1. The summed E-state index contributed by atoms with van der Waals surface area (Å²) in [6.07, 6.45) is -8.98. The highest BCUT2D eigenvalue weighted by Gasteiger charge is 2.38. The van der Waals surface area contributed by atoms with E-state index in [-0.39, 0.29) is 25.4 Å². The van der Waals surface area contributed by atoms with Crippen molar-refractivity contribution in [3.8, 4) is 11.1 Å². The van der Waals surface area contributed by atoms with Gasteiger partial charge in [0.1, 0.15) is 18.8 Å². The Kier molecular flexibility index (Phi) is 7.40. The predicted molar refractivity (Wildman–Crippen MR) is 110 cm³/mol. The molecule has 0 spiro atoms. The van der Waals surface area contributed by atoms with Gasteiger partial charge in [0, 0.05) is 5.92 Å². The molecule has 6 nitrogen and oxygen atoms in total. The Morgan fingerprint density at radius 2 is 1.59 bits per heavy atom. The molecule has 0 saturated carbocycles. The summed E-state index contributed by atoms with van der Waals surface area (Å²) < 4.78 is 47.3. The largest absolute Gasteiger partial charge is 0.467 e. The van der Waals surface area contributed by atoms with Gasteiger partial charge in [0.2, 0.25) is 0 Å². The molecule has 1 aliphatic carbocycles. The van der Waals surface area contributed by atoms with Crippen LogP contribution in [0.2, 0.25) is 0 Å². The number of fused-ring (bicyclic) bond motifs is 3. The summed E-state index contributed by atoms with van der Waals surface area (Å²) in [5.41, 5.74) is 4.17. The second kappa shape index (κ2) is 10.0. The second-order valence-corrected chi connectivity index (χ2v) is 7.53. The van der Waals surface area contributed by atoms with E-state index in [4.69, 9.17) is 9.84 Å². The Bertz CT molecular complexity index is 917. The van der Waals surface area contributed by atoms with Crippen molar-refractivity contribution in [2.45, 2.75) is 43.5 Å². The molecule has 0 bridgehead atoms. The fourth-order valence-electron chi connectivity index (χ4n) is 3.85. The predicted octanol–water partition coefficient (Wildman–Crippen LogP) is 4.16. The molecule has 9 heteroatoms. The zero-order chi connectivity index (χ0) is 23.3. The number of alkyl halides is 3. The van der Waals surface area contributed by atoms with Gasteiger partial charge in [-0.3, -0.25) is 0 Å². The number of alkyl carbamates (subject to hydrolysis) is 1. The molecule has 0 radical (unpaired) electrons. The van der Waals surface area contributed by atoms with Gasteiger partial charge in [-0.1, -0.05) is 48.5 Å². The number of amides is 1. The summed E-state index contributed by atoms with van der Waals surface area (Å²) >= 11 is 0. The summed E-state index contributed by atoms with van der Waals surface area (Å²) in [5, 5.41) is 11.4. The first-order valence-electron chi connectivity index (χ1n) is 10.2. The third-order valence-electron chi connectivity index (χ3n) is 5.47. The first-order valence-corrected chi connectivity index (χ1v) is 10.2. The number of hydrogen-bond acceptors (Lipinski definition) is 5. The van der Waals surface area contributed by atoms with E-state index >= 15 is 0 Å². The standard InChI is InChI=1S/C23H24F3NO5/c1-31-21(29)19(11-6-12-20(28)23(24,25)26)27-22(30)32-13-18-16-9-4-2-7-14(16)15-8-3-5-10-17(15)18/h2-5,7-10,18-20,28H,6,11-13H2,1H3,(H,27,30). The monoisotopic (exact) mass is 451 g/mol. The van der Waals surface area contributed by atoms with Gasteiger partial charge in [-0.15, -0.1) is 0 Å². The van der Waals surface area contributed by atoms with Crippen LogP contribution in [0.1, 0.15) is 36.3 Å². The number of esters is 1. The quantitative estimate of drug-likeness (QED) is 0.589. The average Bonchev–Trinajstić information content (AvgIpc) is 3.09. The number of carbonyl (C=O) groups is 2. The van der Waals surface area contributed by atoms with E-state index in [1.54, 1.807) is 0 Å². The van der Waals surface area contributed by atoms with Crippen LogP contribution in [-0.4, -0.2) is 49.2 Å². The lowest BCUT2D eigenvalue weighted by Gasteiger charge is -2.19. The minimum absolute atomic E-state index is 0.0283. The number of ether oxygens (including phenoxy) is 2. The number of aliphatic hydroxyl groups is 1. The van der Waals surface area contributed by atoms with Gasteiger partial charge < -0.3 is 19.9 Å². The Labute approximate surface area is 183 Å². The van der Waals surface area contributed by atoms with Crippen LogP contribution < -0.4 is 5.32 Å². The maximum atomic E-state index is 12.4. The fraction of sp³-hybridized carbons (Fsp3) is 0.391. The zero-order valence-electron chi connectivity index (χ0n) is 17.4. The lowest BCUT2D eigenvalue weighted by atomic mass is 9.98. The van der Waals surface area contributed by atoms with Crippen molar-refractivity contribution in [3.05, 3.63) is 59.7 Å². The summed E-state index contributed by atoms with van der Waals surface area (Å²) in [4.78, 5) is 24.3. The SMILES string of the molecule is COC(=O)C(CCCC(O)C(F)(F)F)NC(=O)OCC1c2ccccc2-c2ccccc21. The molecule has 2 aromatic carbocycles. The van der Waals surface area contributed by atoms with E-state index in [1.807, 2.05) is 48.5 Å². The molecule has 0 aliphatic heterocycles. The number of nitrogens with one attached hydrogen (secondary N) is 1. The molecule has 2 N–H and O–H groups in total. The van der Waals surface area contributed by atoms with E-state index in [0.29, 0.717) is 0 Å². The van der Waals surface area contributed by atoms with E-state index in [1.165, 1.54) is 0 Å². The third-order valence-corrected chi connectivity index (χ3v) is 5.47. The maximum absolute atomic E-state index is 12.4. The van der Waals surface area contributed by atoms with Crippen molar-refractivity contribution in [2.75, 3.05) is 13.7 Å². The summed E-state index contributed by atoms with van der Waals surface area (Å²) in [7, 11) is 1.11. The number of carbonyl (C=O) groups excluding carboxylic acids is 2. The molecular formula is C23H24F3NO5. The molecular weight excluding hydrogens is 427 g/mol. The number of aliphatic hydroxyl groups excluding tert-OH is 1. The Hall–Kier alpha value is -3.07. The smallest absolute Gasteiger partial charge is 0.414 e. The van der Waals surface area contributed by atoms with Crippen LogP contribution in [0.25, 0.3) is 11.1 Å². The Morgan fingerprint density at radius 3 is 2.12 bits per heavy atom. The lowest BCUT2D eigenvalue weighted by molar-refractivity contribution is -0.205. The van der Waals surface area contributed by atoms with Crippen LogP contribution in [0.15, 0.2) is 48.5 Å². The molecule has 0 heterocycles. The van der Waals surface area contributed by atoms with Crippen molar-refractivity contribution in [2.24, 2.45) is 0 Å². The number of halogens is 3. The topological polar surface area (TPSA) is 84.9 Å². The van der Waals surface area contributed by atoms with E-state index < -0.39 is 36.8 Å². The van der Waals surface area contributed by atoms with Crippen LogP contribution in [-0.2, 0) is 14.3 Å². The summed E-state index contributed by atoms with van der Waals surface area (Å²) in [6.45, 7) is 0.0283. The van der Waals surface area contributed by atoms with Gasteiger partial charge in [-0.05, 0) is 41.5 Å². The summed E-state index contributed by atoms with van der Waals surface area (Å²) in [5.74, 6) is -0.980. The molecule has 2 aromatic rings. The molecule has 0 aromatic heterocycles. The molecule has 1 amide bonds. The van der Waals surface area contributed by atoms with Crippen LogP contribution >= 0.6 is 0 Å². The normalized spacial score (nSPS) is 14.8. The van der Waals surface area contributed by atoms with Crippen LogP contribution in [0.5, 0.6) is 0 Å². The average molecular weight is 451 g/mol. The van der Waals surface area contributed by atoms with Gasteiger partial charge in [-0.25, -0.2) is 9.59 Å². The van der Waals surface area contributed by atoms with Gasteiger partial charge in [0.25, 0.3) is 0 Å². The van der Waals surface area contributed by atoms with Crippen molar-refractivity contribution < 1.29 is 37.3 Å². The molecule has 0 saturated heterocycles. The Morgan fingerprint density at radius 1 is 1.03 bits per heavy atom. The lowest BCUT2D eigenvalue weighted by Crippen LogP contribution is -2.42. The van der Waals surface area contributed by atoms with Crippen LogP contribution in [0, 0.1) is 0 Å². The van der Waals surface area contributed by atoms with Crippen LogP contribution in [0.4, 0.5) is 18.0 Å². The van der Waals surface area contributed by atoms with E-state index in [0.717, 1.165) is 29.4 Å². The molecule has 2 atom stereocenters. The number of rotatable bonds is 8. The van der Waals surface area contributed by atoms with Gasteiger partial charge in [0.15, 0.2) is 0 Å². The van der Waals surface area contributed by atoms with Gasteiger partial charge in [0.05, 0.1) is 7.11 Å². The Balaban J connectivity index is 1.59. The van der Waals surface area contributed by atoms with Gasteiger partial charge >= 0.3 is 18.2 Å². The van der Waals surface area contributed by atoms with Crippen molar-refractivity contribution in [1.29, 1.82) is 0 Å². The molecule has 1 aliphatic rings. The highest BCUT2D eigenvalue weighted by Crippen LogP contribution is 2.44. The minimum atomic E-state index is -4.74. The van der Waals surface area contributed by atoms with Crippen molar-refractivity contribution in [3.63, 3.8) is 0 Å². The van der Waals surface area contributed by atoms with Crippen LogP contribution in [0.3, 0.4) is 0 Å². The molecule has 3 rings (SSSR count). The molecule has 32 heavy (non-hydrogen) atoms. The third kappa shape index (κ3) is 5.40. The minimum Gasteiger partial charge on any atom is -0.467 e. The molecule has 0 fully saturated rings. The molecule has 2 unspecified atom stereocenters. The number of hydrogen-bond donors (Lipinski definition) is 2. The summed E-state index contributed by atoms with van der Waals surface area (Å²) in [6, 6.07) is 14.4. The maximum Gasteiger partial charge on any atom is 0.414 e. The fourth-order valence-corrected chi connectivity index (χ4v) is 3.85. The first-order chi connectivity index (χ1) is 15.2. The van der Waals surface area contributed by atoms with Crippen molar-refractivity contribution in [1.82, 2.24) is 5.32 Å². The highest BCUT2D eigenvalue weighted by atomic mass is 19.4. The first kappa shape index (κ1) is 23.6.